The first kappa shape index (κ1) is 10.3. The molecule has 0 saturated carbocycles. The Balaban J connectivity index is 3.15. The van der Waals surface area contributed by atoms with Gasteiger partial charge in [0, 0.05) is 12.3 Å². The van der Waals surface area contributed by atoms with Gasteiger partial charge in [0.25, 0.3) is 5.56 Å². The van der Waals surface area contributed by atoms with Gasteiger partial charge in [-0.2, -0.15) is 0 Å². The summed E-state index contributed by atoms with van der Waals surface area (Å²) in [4.78, 5) is 21.7. The van der Waals surface area contributed by atoms with Crippen LogP contribution in [0.4, 0.5) is 5.69 Å². The fourth-order valence-corrected chi connectivity index (χ4v) is 1.21. The molecule has 0 bridgehead atoms. The predicted molar refractivity (Wildman–Crippen MR) is 52.1 cm³/mol. The molecule has 0 saturated heterocycles. The highest BCUT2D eigenvalue weighted by atomic mass is 16.4. The van der Waals surface area contributed by atoms with E-state index in [0.717, 1.165) is 10.1 Å². The number of nitrogens with two attached hydrogens (primary N) is 1. The zero-order valence-corrected chi connectivity index (χ0v) is 7.86. The average molecular weight is 196 g/mol. The maximum Gasteiger partial charge on any atom is 0.323 e. The quantitative estimate of drug-likeness (QED) is 0.716. The van der Waals surface area contributed by atoms with Crippen LogP contribution in [0.2, 0.25) is 0 Å². The Bertz CT molecular complexity index is 409. The second-order valence-corrected chi connectivity index (χ2v) is 2.97. The van der Waals surface area contributed by atoms with Crippen molar-refractivity contribution in [2.24, 2.45) is 0 Å². The van der Waals surface area contributed by atoms with E-state index in [9.17, 15) is 9.59 Å². The standard InChI is InChI=1S/C9H12N2O3/c1-2-6-3-8(12)11(4-7(6)10)5-9(13)14/h3-4H,2,5,10H2,1H3,(H,13,14). The van der Waals surface area contributed by atoms with Gasteiger partial charge in [-0.1, -0.05) is 6.92 Å². The van der Waals surface area contributed by atoms with E-state index < -0.39 is 5.97 Å². The van der Waals surface area contributed by atoms with Crippen molar-refractivity contribution in [2.45, 2.75) is 19.9 Å². The molecule has 0 radical (unpaired) electrons. The highest BCUT2D eigenvalue weighted by molar-refractivity contribution is 5.66. The summed E-state index contributed by atoms with van der Waals surface area (Å²) in [5.41, 5.74) is 6.49. The Hall–Kier alpha value is -1.78. The van der Waals surface area contributed by atoms with Crippen LogP contribution in [0.25, 0.3) is 0 Å². The summed E-state index contributed by atoms with van der Waals surface area (Å²) in [6, 6.07) is 1.37. The van der Waals surface area contributed by atoms with E-state index in [1.165, 1.54) is 12.3 Å². The summed E-state index contributed by atoms with van der Waals surface area (Å²) in [6.07, 6.45) is 2.03. The molecule has 3 N–H and O–H groups in total. The highest BCUT2D eigenvalue weighted by Gasteiger charge is 2.05. The molecule has 1 heterocycles. The largest absolute Gasteiger partial charge is 0.480 e. The molecule has 0 aromatic carbocycles. The molecule has 0 aliphatic carbocycles. The molecule has 0 aliphatic heterocycles. The van der Waals surface area contributed by atoms with Crippen LogP contribution >= 0.6 is 0 Å². The van der Waals surface area contributed by atoms with Crippen LogP contribution in [0.15, 0.2) is 17.1 Å². The van der Waals surface area contributed by atoms with Crippen molar-refractivity contribution < 1.29 is 9.90 Å². The lowest BCUT2D eigenvalue weighted by atomic mass is 10.2. The molecule has 0 fully saturated rings. The smallest absolute Gasteiger partial charge is 0.323 e. The molecule has 0 unspecified atom stereocenters. The number of aromatic nitrogens is 1. The minimum absolute atomic E-state index is 0.335. The van der Waals surface area contributed by atoms with E-state index in [-0.39, 0.29) is 12.1 Å². The predicted octanol–water partition coefficient (Wildman–Crippen LogP) is 0.0775. The van der Waals surface area contributed by atoms with E-state index >= 15 is 0 Å². The van der Waals surface area contributed by atoms with Gasteiger partial charge in [-0.05, 0) is 12.0 Å². The zero-order chi connectivity index (χ0) is 10.7. The first-order valence-corrected chi connectivity index (χ1v) is 4.25. The Labute approximate surface area is 80.8 Å². The molecule has 5 nitrogen and oxygen atoms in total. The van der Waals surface area contributed by atoms with Crippen molar-refractivity contribution in [3.05, 3.63) is 28.2 Å². The number of hydrogen-bond acceptors (Lipinski definition) is 3. The summed E-state index contributed by atoms with van der Waals surface area (Å²) >= 11 is 0. The Morgan fingerprint density at radius 3 is 2.79 bits per heavy atom. The van der Waals surface area contributed by atoms with Gasteiger partial charge in [0.05, 0.1) is 5.69 Å². The number of aryl methyl sites for hydroxylation is 1. The van der Waals surface area contributed by atoms with Crippen molar-refractivity contribution in [1.29, 1.82) is 0 Å². The van der Waals surface area contributed by atoms with Crippen LogP contribution in [0.5, 0.6) is 0 Å². The number of nitrogens with zero attached hydrogens (tertiary/aromatic N) is 1. The number of hydrogen-bond donors (Lipinski definition) is 2. The van der Waals surface area contributed by atoms with Gasteiger partial charge in [0.1, 0.15) is 6.54 Å². The normalized spacial score (nSPS) is 10.1. The minimum atomic E-state index is -1.06. The van der Waals surface area contributed by atoms with Crippen LogP contribution in [0.3, 0.4) is 0 Å². The fourth-order valence-electron chi connectivity index (χ4n) is 1.21. The number of pyridine rings is 1. The number of carboxylic acids is 1. The third kappa shape index (κ3) is 2.12. The van der Waals surface area contributed by atoms with E-state index in [1.807, 2.05) is 6.92 Å². The molecule has 0 atom stereocenters. The minimum Gasteiger partial charge on any atom is -0.480 e. The maximum absolute atomic E-state index is 11.3. The summed E-state index contributed by atoms with van der Waals surface area (Å²) in [6.45, 7) is 1.53. The van der Waals surface area contributed by atoms with Crippen LogP contribution in [-0.4, -0.2) is 15.6 Å². The molecule has 1 aromatic rings. The highest BCUT2D eigenvalue weighted by Crippen LogP contribution is 2.07. The average Bonchev–Trinajstić information content (AvgIpc) is 2.10. The Morgan fingerprint density at radius 1 is 1.64 bits per heavy atom. The number of carboxylic acid groups (broad SMARTS) is 1. The summed E-state index contributed by atoms with van der Waals surface area (Å²) in [5, 5.41) is 8.51. The van der Waals surface area contributed by atoms with E-state index in [4.69, 9.17) is 10.8 Å². The van der Waals surface area contributed by atoms with Gasteiger partial charge < -0.3 is 15.4 Å². The first-order valence-electron chi connectivity index (χ1n) is 4.25. The van der Waals surface area contributed by atoms with Crippen LogP contribution < -0.4 is 11.3 Å². The molecule has 5 heteroatoms. The van der Waals surface area contributed by atoms with Crippen molar-refractivity contribution in [3.8, 4) is 0 Å². The van der Waals surface area contributed by atoms with E-state index in [0.29, 0.717) is 12.1 Å². The van der Waals surface area contributed by atoms with Gasteiger partial charge in [-0.3, -0.25) is 9.59 Å². The number of nitrogen functional groups attached to an aromatic ring is 1. The summed E-state index contributed by atoms with van der Waals surface area (Å²) < 4.78 is 1.08. The second-order valence-electron chi connectivity index (χ2n) is 2.97. The molecule has 1 aromatic heterocycles. The zero-order valence-electron chi connectivity index (χ0n) is 7.86. The third-order valence-corrected chi connectivity index (χ3v) is 1.93. The SMILES string of the molecule is CCc1cc(=O)n(CC(=O)O)cc1N. The molecule has 14 heavy (non-hydrogen) atoms. The molecule has 1 rings (SSSR count). The number of anilines is 1. The number of carbonyl (C=O) groups is 1. The lowest BCUT2D eigenvalue weighted by Gasteiger charge is -2.06. The van der Waals surface area contributed by atoms with E-state index in [1.54, 1.807) is 0 Å². The number of aliphatic carboxylic acids is 1. The van der Waals surface area contributed by atoms with Gasteiger partial charge in [0.15, 0.2) is 0 Å². The molecular formula is C9H12N2O3. The topological polar surface area (TPSA) is 85.3 Å². The lowest BCUT2D eigenvalue weighted by Crippen LogP contribution is -2.24. The lowest BCUT2D eigenvalue weighted by molar-refractivity contribution is -0.137. The summed E-state index contributed by atoms with van der Waals surface area (Å²) in [7, 11) is 0. The Morgan fingerprint density at radius 2 is 2.29 bits per heavy atom. The molecule has 76 valence electrons. The van der Waals surface area contributed by atoms with Crippen LogP contribution in [-0.2, 0) is 17.8 Å². The monoisotopic (exact) mass is 196 g/mol. The molecular weight excluding hydrogens is 184 g/mol. The number of rotatable bonds is 3. The van der Waals surface area contributed by atoms with Crippen molar-refractivity contribution in [3.63, 3.8) is 0 Å². The van der Waals surface area contributed by atoms with Crippen LogP contribution in [0.1, 0.15) is 12.5 Å². The summed E-state index contributed by atoms with van der Waals surface area (Å²) in [5.74, 6) is -1.06. The van der Waals surface area contributed by atoms with Gasteiger partial charge >= 0.3 is 5.97 Å². The molecule has 0 amide bonds. The molecule has 0 spiro atoms. The van der Waals surface area contributed by atoms with Gasteiger partial charge in [-0.15, -0.1) is 0 Å². The van der Waals surface area contributed by atoms with Crippen LogP contribution in [0, 0.1) is 0 Å². The van der Waals surface area contributed by atoms with Crippen molar-refractivity contribution in [1.82, 2.24) is 4.57 Å². The van der Waals surface area contributed by atoms with Crippen molar-refractivity contribution >= 4 is 11.7 Å². The fraction of sp³-hybridized carbons (Fsp3) is 0.333. The first-order chi connectivity index (χ1) is 6.54. The van der Waals surface area contributed by atoms with Gasteiger partial charge in [-0.25, -0.2) is 0 Å². The van der Waals surface area contributed by atoms with E-state index in [2.05, 4.69) is 0 Å². The third-order valence-electron chi connectivity index (χ3n) is 1.93. The molecule has 0 aliphatic rings. The van der Waals surface area contributed by atoms with Crippen molar-refractivity contribution in [2.75, 3.05) is 5.73 Å². The Kier molecular flexibility index (Phi) is 2.91. The maximum atomic E-state index is 11.3. The van der Waals surface area contributed by atoms with Gasteiger partial charge in [0.2, 0.25) is 0 Å². The second kappa shape index (κ2) is 3.95.